The molecule has 6 nitrogen and oxygen atoms in total. The Labute approximate surface area is 177 Å². The average Bonchev–Trinajstić information content (AvgIpc) is 3.38. The van der Waals surface area contributed by atoms with E-state index in [1.807, 2.05) is 31.2 Å². The van der Waals surface area contributed by atoms with Gasteiger partial charge < -0.3 is 15.2 Å². The first-order valence-electron chi connectivity index (χ1n) is 10.7. The lowest BCUT2D eigenvalue weighted by Gasteiger charge is -2.16. The number of carbonyl (C=O) groups is 1. The van der Waals surface area contributed by atoms with Gasteiger partial charge in [-0.3, -0.25) is 4.79 Å². The van der Waals surface area contributed by atoms with E-state index < -0.39 is 0 Å². The van der Waals surface area contributed by atoms with E-state index in [0.717, 1.165) is 47.5 Å². The van der Waals surface area contributed by atoms with Crippen molar-refractivity contribution in [2.45, 2.75) is 33.1 Å². The number of fused-ring (bicyclic) bond motifs is 1. The van der Waals surface area contributed by atoms with Crippen LogP contribution in [0.1, 0.15) is 47.8 Å². The fourth-order valence-corrected chi connectivity index (χ4v) is 4.26. The highest BCUT2D eigenvalue weighted by Crippen LogP contribution is 2.31. The number of aryl methyl sites for hydroxylation is 1. The number of H-pyrrole nitrogens is 1. The van der Waals surface area contributed by atoms with Gasteiger partial charge in [-0.15, -0.1) is 0 Å². The molecule has 0 unspecified atom stereocenters. The topological polar surface area (TPSA) is 73.9 Å². The van der Waals surface area contributed by atoms with Crippen molar-refractivity contribution in [2.24, 2.45) is 0 Å². The fourth-order valence-electron chi connectivity index (χ4n) is 4.26. The van der Waals surface area contributed by atoms with Crippen LogP contribution in [0.5, 0.6) is 0 Å². The predicted octanol–water partition coefficient (Wildman–Crippen LogP) is 4.68. The van der Waals surface area contributed by atoms with E-state index in [1.165, 1.54) is 25.9 Å². The second-order valence-electron chi connectivity index (χ2n) is 7.90. The highest BCUT2D eigenvalue weighted by atomic mass is 16.1. The van der Waals surface area contributed by atoms with Gasteiger partial charge in [-0.1, -0.05) is 30.9 Å². The Bertz CT molecular complexity index is 1080. The van der Waals surface area contributed by atoms with Crippen LogP contribution >= 0.6 is 0 Å². The number of anilines is 1. The van der Waals surface area contributed by atoms with E-state index in [0.29, 0.717) is 17.1 Å². The van der Waals surface area contributed by atoms with Gasteiger partial charge in [0, 0.05) is 23.0 Å². The summed E-state index contributed by atoms with van der Waals surface area (Å²) >= 11 is 0. The fraction of sp³-hybridized carbons (Fsp3) is 0.375. The molecule has 1 aromatic carbocycles. The quantitative estimate of drug-likeness (QED) is 0.422. The molecule has 1 aliphatic heterocycles. The third kappa shape index (κ3) is 4.00. The largest absolute Gasteiger partial charge is 0.369 e. The van der Waals surface area contributed by atoms with Crippen LogP contribution in [0.15, 0.2) is 30.8 Å². The SMILES string of the molecule is C=Cc1c(C)nc(-c2[nH]c3ccccc3c2C(C)=O)nc1NCCCN1CCCC1. The summed E-state index contributed by atoms with van der Waals surface area (Å²) in [5.74, 6) is 1.29. The molecule has 2 aromatic heterocycles. The molecule has 1 aliphatic rings. The predicted molar refractivity (Wildman–Crippen MR) is 123 cm³/mol. The molecule has 156 valence electrons. The van der Waals surface area contributed by atoms with Gasteiger partial charge in [-0.2, -0.15) is 0 Å². The molecule has 3 aromatic rings. The van der Waals surface area contributed by atoms with Crippen LogP contribution in [0.2, 0.25) is 0 Å². The van der Waals surface area contributed by atoms with Gasteiger partial charge in [-0.25, -0.2) is 9.97 Å². The van der Waals surface area contributed by atoms with Crippen molar-refractivity contribution >= 4 is 28.6 Å². The van der Waals surface area contributed by atoms with E-state index in [4.69, 9.17) is 9.97 Å². The molecule has 0 radical (unpaired) electrons. The Balaban J connectivity index is 1.64. The summed E-state index contributed by atoms with van der Waals surface area (Å²) in [6.07, 6.45) is 5.47. The standard InChI is InChI=1S/C24H29N5O/c1-4-18-16(2)26-24(28-23(18)25-12-9-15-29-13-7-8-14-29)22-21(17(3)30)19-10-5-6-11-20(19)27-22/h4-6,10-11,27H,1,7-9,12-15H2,2-3H3,(H,25,26,28). The minimum absolute atomic E-state index is 0.00313. The molecule has 1 fully saturated rings. The first-order valence-corrected chi connectivity index (χ1v) is 10.7. The van der Waals surface area contributed by atoms with Gasteiger partial charge in [0.2, 0.25) is 0 Å². The number of aromatic amines is 1. The smallest absolute Gasteiger partial charge is 0.179 e. The van der Waals surface area contributed by atoms with Crippen LogP contribution in [-0.2, 0) is 0 Å². The number of aromatic nitrogens is 3. The molecule has 6 heteroatoms. The minimum Gasteiger partial charge on any atom is -0.369 e. The van der Waals surface area contributed by atoms with Crippen molar-refractivity contribution in [3.05, 3.63) is 47.7 Å². The van der Waals surface area contributed by atoms with Gasteiger partial charge in [0.15, 0.2) is 11.6 Å². The number of nitrogens with one attached hydrogen (secondary N) is 2. The number of carbonyl (C=O) groups excluding carboxylic acids is 1. The molecular formula is C24H29N5O. The number of Topliss-reactive ketones (excluding diaryl/α,β-unsaturated/α-hetero) is 1. The van der Waals surface area contributed by atoms with Crippen LogP contribution in [-0.4, -0.2) is 51.8 Å². The normalized spacial score (nSPS) is 14.3. The highest BCUT2D eigenvalue weighted by Gasteiger charge is 2.20. The number of rotatable bonds is 8. The molecule has 0 atom stereocenters. The van der Waals surface area contributed by atoms with E-state index in [-0.39, 0.29) is 5.78 Å². The molecule has 0 spiro atoms. The summed E-state index contributed by atoms with van der Waals surface area (Å²) in [5, 5.41) is 4.37. The van der Waals surface area contributed by atoms with E-state index in [2.05, 4.69) is 21.8 Å². The van der Waals surface area contributed by atoms with Crippen molar-refractivity contribution in [2.75, 3.05) is 31.5 Å². The maximum atomic E-state index is 12.4. The number of benzene rings is 1. The van der Waals surface area contributed by atoms with Crippen LogP contribution in [0.4, 0.5) is 5.82 Å². The minimum atomic E-state index is -0.00313. The summed E-state index contributed by atoms with van der Waals surface area (Å²) in [5.41, 5.74) is 3.95. The number of nitrogens with zero attached hydrogens (tertiary/aromatic N) is 3. The van der Waals surface area contributed by atoms with Gasteiger partial charge >= 0.3 is 0 Å². The molecule has 0 aliphatic carbocycles. The van der Waals surface area contributed by atoms with Crippen LogP contribution in [0.25, 0.3) is 28.5 Å². The van der Waals surface area contributed by atoms with E-state index in [9.17, 15) is 4.79 Å². The summed E-state index contributed by atoms with van der Waals surface area (Å²) in [7, 11) is 0. The number of likely N-dealkylation sites (tertiary alicyclic amines) is 1. The zero-order chi connectivity index (χ0) is 21.1. The third-order valence-electron chi connectivity index (χ3n) is 5.76. The van der Waals surface area contributed by atoms with Gasteiger partial charge in [0.05, 0.1) is 17.0 Å². The molecule has 30 heavy (non-hydrogen) atoms. The summed E-state index contributed by atoms with van der Waals surface area (Å²) in [6, 6.07) is 7.81. The maximum absolute atomic E-state index is 12.4. The first-order chi connectivity index (χ1) is 14.6. The lowest BCUT2D eigenvalue weighted by molar-refractivity contribution is 0.102. The van der Waals surface area contributed by atoms with Crippen LogP contribution in [0.3, 0.4) is 0 Å². The maximum Gasteiger partial charge on any atom is 0.179 e. The number of hydrogen-bond acceptors (Lipinski definition) is 5. The zero-order valence-corrected chi connectivity index (χ0v) is 17.8. The Hall–Kier alpha value is -2.99. The van der Waals surface area contributed by atoms with Crippen LogP contribution in [0, 0.1) is 6.92 Å². The molecule has 1 saturated heterocycles. The molecule has 2 N–H and O–H groups in total. The molecule has 0 saturated carbocycles. The van der Waals surface area contributed by atoms with E-state index >= 15 is 0 Å². The second-order valence-corrected chi connectivity index (χ2v) is 7.90. The first kappa shape index (κ1) is 20.3. The van der Waals surface area contributed by atoms with Crippen molar-refractivity contribution in [3.8, 4) is 11.5 Å². The summed E-state index contributed by atoms with van der Waals surface area (Å²) < 4.78 is 0. The Morgan fingerprint density at radius 2 is 2.03 bits per heavy atom. The molecular weight excluding hydrogens is 374 g/mol. The average molecular weight is 404 g/mol. The number of hydrogen-bond donors (Lipinski definition) is 2. The van der Waals surface area contributed by atoms with Gasteiger partial charge in [0.1, 0.15) is 5.82 Å². The molecule has 3 heterocycles. The summed E-state index contributed by atoms with van der Waals surface area (Å²) in [6.45, 7) is 11.8. The number of ketones is 1. The van der Waals surface area contributed by atoms with Crippen molar-refractivity contribution < 1.29 is 4.79 Å². The summed E-state index contributed by atoms with van der Waals surface area (Å²) in [4.78, 5) is 27.8. The van der Waals surface area contributed by atoms with Crippen LogP contribution < -0.4 is 5.32 Å². The second kappa shape index (κ2) is 8.79. The highest BCUT2D eigenvalue weighted by molar-refractivity contribution is 6.11. The zero-order valence-electron chi connectivity index (χ0n) is 17.8. The molecule has 4 rings (SSSR count). The van der Waals surface area contributed by atoms with Crippen molar-refractivity contribution in [1.82, 2.24) is 19.9 Å². The monoisotopic (exact) mass is 403 g/mol. The Morgan fingerprint density at radius 3 is 2.77 bits per heavy atom. The third-order valence-corrected chi connectivity index (χ3v) is 5.76. The Kier molecular flexibility index (Phi) is 5.95. The van der Waals surface area contributed by atoms with Gasteiger partial charge in [-0.05, 0) is 58.8 Å². The molecule has 0 bridgehead atoms. The molecule has 0 amide bonds. The Morgan fingerprint density at radius 1 is 1.27 bits per heavy atom. The van der Waals surface area contributed by atoms with Crippen molar-refractivity contribution in [3.63, 3.8) is 0 Å². The number of para-hydroxylation sites is 1. The van der Waals surface area contributed by atoms with E-state index in [1.54, 1.807) is 13.0 Å². The van der Waals surface area contributed by atoms with Gasteiger partial charge in [0.25, 0.3) is 0 Å². The lowest BCUT2D eigenvalue weighted by Crippen LogP contribution is -2.22. The lowest BCUT2D eigenvalue weighted by atomic mass is 10.1. The van der Waals surface area contributed by atoms with Crippen molar-refractivity contribution in [1.29, 1.82) is 0 Å².